The first-order valence-electron chi connectivity index (χ1n) is 9.13. The molecule has 0 atom stereocenters. The van der Waals surface area contributed by atoms with Crippen LogP contribution in [-0.2, 0) is 11.0 Å². The van der Waals surface area contributed by atoms with Gasteiger partial charge in [0.05, 0.1) is 29.2 Å². The molecule has 0 bridgehead atoms. The maximum atomic E-state index is 13.5. The van der Waals surface area contributed by atoms with Crippen molar-refractivity contribution in [2.24, 2.45) is 5.92 Å². The minimum atomic E-state index is -4.78. The van der Waals surface area contributed by atoms with Crippen LogP contribution in [0.25, 0.3) is 11.3 Å². The molecule has 2 aromatic rings. The van der Waals surface area contributed by atoms with Crippen LogP contribution in [0, 0.1) is 24.2 Å². The summed E-state index contributed by atoms with van der Waals surface area (Å²) in [5, 5.41) is 17.8. The van der Waals surface area contributed by atoms with E-state index in [1.54, 1.807) is 25.1 Å². The summed E-state index contributed by atoms with van der Waals surface area (Å²) in [4.78, 5) is 15.0. The van der Waals surface area contributed by atoms with Crippen molar-refractivity contribution in [1.82, 2.24) is 4.98 Å². The Morgan fingerprint density at radius 1 is 1.33 bits per heavy atom. The second kappa shape index (κ2) is 9.85. The Labute approximate surface area is 176 Å². The van der Waals surface area contributed by atoms with E-state index in [-0.39, 0.29) is 10.7 Å². The molecule has 0 aliphatic carbocycles. The summed E-state index contributed by atoms with van der Waals surface area (Å²) in [5.74, 6) is -0.618. The van der Waals surface area contributed by atoms with Crippen LogP contribution in [0.15, 0.2) is 29.3 Å². The zero-order chi connectivity index (χ0) is 22.5. The quantitative estimate of drug-likeness (QED) is 0.544. The lowest BCUT2D eigenvalue weighted by molar-refractivity contribution is -0.138. The number of nitriles is 1. The first kappa shape index (κ1) is 23.5. The summed E-state index contributed by atoms with van der Waals surface area (Å²) < 4.78 is 46.3. The van der Waals surface area contributed by atoms with Gasteiger partial charge in [-0.2, -0.15) is 18.4 Å². The first-order chi connectivity index (χ1) is 14.0. The van der Waals surface area contributed by atoms with Crippen LogP contribution in [0.4, 0.5) is 13.2 Å². The number of halogens is 3. The number of hydrogen-bond donors (Lipinski definition) is 1. The first-order valence-corrected chi connectivity index (χ1v) is 10.1. The number of aliphatic carboxylic acids is 1. The Kier molecular flexibility index (Phi) is 7.73. The van der Waals surface area contributed by atoms with Crippen LogP contribution in [0.1, 0.15) is 37.0 Å². The standard InChI is InChI=1S/C21H21F3N2O3S/c1-12(2)6-7-29-18-5-4-14(8-13(18)3)17-9-16(21(22,23)24)15(10-25)20(26-17)30-11-19(27)28/h4-5,8-9,12H,6-7,11H2,1-3H3,(H,27,28). The molecule has 0 spiro atoms. The average Bonchev–Trinajstić information content (AvgIpc) is 2.65. The monoisotopic (exact) mass is 438 g/mol. The Hall–Kier alpha value is -2.73. The number of alkyl halides is 3. The highest BCUT2D eigenvalue weighted by atomic mass is 32.2. The fourth-order valence-corrected chi connectivity index (χ4v) is 3.33. The number of carbonyl (C=O) groups is 1. The molecule has 0 fully saturated rings. The molecule has 9 heteroatoms. The van der Waals surface area contributed by atoms with E-state index in [1.807, 2.05) is 0 Å². The summed E-state index contributed by atoms with van der Waals surface area (Å²) in [5.41, 5.74) is -0.668. The normalized spacial score (nSPS) is 11.4. The highest BCUT2D eigenvalue weighted by molar-refractivity contribution is 7.99. The Balaban J connectivity index is 2.47. The molecule has 1 aromatic heterocycles. The molecule has 160 valence electrons. The molecule has 2 rings (SSSR count). The van der Waals surface area contributed by atoms with Crippen LogP contribution < -0.4 is 4.74 Å². The van der Waals surface area contributed by atoms with Gasteiger partial charge in [0.15, 0.2) is 0 Å². The number of pyridine rings is 1. The lowest BCUT2D eigenvalue weighted by atomic mass is 10.0. The minimum Gasteiger partial charge on any atom is -0.493 e. The van der Waals surface area contributed by atoms with E-state index < -0.39 is 29.0 Å². The molecule has 0 radical (unpaired) electrons. The summed E-state index contributed by atoms with van der Waals surface area (Å²) in [7, 11) is 0. The molecule has 1 aromatic carbocycles. The van der Waals surface area contributed by atoms with Gasteiger partial charge in [-0.1, -0.05) is 25.6 Å². The smallest absolute Gasteiger partial charge is 0.417 e. The van der Waals surface area contributed by atoms with Gasteiger partial charge in [0.25, 0.3) is 0 Å². The molecule has 0 unspecified atom stereocenters. The summed E-state index contributed by atoms with van der Waals surface area (Å²) in [6, 6.07) is 7.25. The van der Waals surface area contributed by atoms with Crippen LogP contribution >= 0.6 is 11.8 Å². The number of aromatic nitrogens is 1. The maximum Gasteiger partial charge on any atom is 0.417 e. The third-order valence-corrected chi connectivity index (χ3v) is 5.12. The van der Waals surface area contributed by atoms with E-state index in [0.717, 1.165) is 18.1 Å². The topological polar surface area (TPSA) is 83.2 Å². The van der Waals surface area contributed by atoms with E-state index in [1.165, 1.54) is 6.07 Å². The Morgan fingerprint density at radius 3 is 2.57 bits per heavy atom. The summed E-state index contributed by atoms with van der Waals surface area (Å²) >= 11 is 0.582. The van der Waals surface area contributed by atoms with Crippen molar-refractivity contribution < 1.29 is 27.8 Å². The molecule has 1 N–H and O–H groups in total. The second-order valence-corrected chi connectivity index (χ2v) is 8.00. The van der Waals surface area contributed by atoms with Gasteiger partial charge in [0.2, 0.25) is 0 Å². The number of nitrogens with zero attached hydrogens (tertiary/aromatic N) is 2. The van der Waals surface area contributed by atoms with Crippen molar-refractivity contribution in [2.75, 3.05) is 12.4 Å². The lowest BCUT2D eigenvalue weighted by Gasteiger charge is -2.15. The molecule has 30 heavy (non-hydrogen) atoms. The van der Waals surface area contributed by atoms with Crippen LogP contribution in [-0.4, -0.2) is 28.4 Å². The van der Waals surface area contributed by atoms with Crippen molar-refractivity contribution in [3.63, 3.8) is 0 Å². The van der Waals surface area contributed by atoms with Gasteiger partial charge in [-0.25, -0.2) is 4.98 Å². The third kappa shape index (κ3) is 6.13. The van der Waals surface area contributed by atoms with E-state index in [4.69, 9.17) is 9.84 Å². The number of ether oxygens (including phenoxy) is 1. The van der Waals surface area contributed by atoms with Gasteiger partial charge < -0.3 is 9.84 Å². The molecule has 0 saturated carbocycles. The van der Waals surface area contributed by atoms with Crippen molar-refractivity contribution in [1.29, 1.82) is 5.26 Å². The zero-order valence-corrected chi connectivity index (χ0v) is 17.5. The third-order valence-electron chi connectivity index (χ3n) is 4.16. The van der Waals surface area contributed by atoms with E-state index in [0.29, 0.717) is 35.6 Å². The number of hydrogen-bond acceptors (Lipinski definition) is 5. The average molecular weight is 438 g/mol. The Morgan fingerprint density at radius 2 is 2.03 bits per heavy atom. The number of thioether (sulfide) groups is 1. The molecular formula is C21H21F3N2O3S. The van der Waals surface area contributed by atoms with Crippen LogP contribution in [0.3, 0.4) is 0 Å². The molecule has 0 aliphatic rings. The van der Waals surface area contributed by atoms with Gasteiger partial charge in [0.1, 0.15) is 16.8 Å². The number of carboxylic acids is 1. The Bertz CT molecular complexity index is 969. The largest absolute Gasteiger partial charge is 0.493 e. The van der Waals surface area contributed by atoms with E-state index >= 15 is 0 Å². The van der Waals surface area contributed by atoms with Gasteiger partial charge in [-0.15, -0.1) is 0 Å². The second-order valence-electron chi connectivity index (χ2n) is 7.04. The number of carboxylic acid groups (broad SMARTS) is 1. The van der Waals surface area contributed by atoms with Gasteiger partial charge in [-0.3, -0.25) is 4.79 Å². The fourth-order valence-electron chi connectivity index (χ4n) is 2.61. The van der Waals surface area contributed by atoms with Crippen molar-refractivity contribution in [3.05, 3.63) is 41.0 Å². The van der Waals surface area contributed by atoms with Gasteiger partial charge in [-0.05, 0) is 49.1 Å². The van der Waals surface area contributed by atoms with Crippen molar-refractivity contribution in [2.45, 2.75) is 38.4 Å². The lowest BCUT2D eigenvalue weighted by Crippen LogP contribution is -2.11. The number of benzene rings is 1. The van der Waals surface area contributed by atoms with E-state index in [2.05, 4.69) is 18.8 Å². The molecule has 0 aliphatic heterocycles. The predicted octanol–water partition coefficient (Wildman–Crippen LogP) is 5.55. The highest BCUT2D eigenvalue weighted by Gasteiger charge is 2.36. The van der Waals surface area contributed by atoms with Crippen LogP contribution in [0.5, 0.6) is 5.75 Å². The molecule has 1 heterocycles. The molecular weight excluding hydrogens is 417 g/mol. The maximum absolute atomic E-state index is 13.5. The SMILES string of the molecule is Cc1cc(-c2cc(C(F)(F)F)c(C#N)c(SCC(=O)O)n2)ccc1OCCC(C)C. The van der Waals surface area contributed by atoms with Crippen LogP contribution in [0.2, 0.25) is 0 Å². The minimum absolute atomic E-state index is 0.00560. The van der Waals surface area contributed by atoms with Crippen molar-refractivity contribution in [3.8, 4) is 23.1 Å². The summed E-state index contributed by atoms with van der Waals surface area (Å²) in [6.45, 7) is 6.46. The summed E-state index contributed by atoms with van der Waals surface area (Å²) in [6.07, 6.45) is -3.91. The number of rotatable bonds is 8. The van der Waals surface area contributed by atoms with Crippen molar-refractivity contribution >= 4 is 17.7 Å². The predicted molar refractivity (Wildman–Crippen MR) is 107 cm³/mol. The zero-order valence-electron chi connectivity index (χ0n) is 16.7. The van der Waals surface area contributed by atoms with Gasteiger partial charge in [0, 0.05) is 5.56 Å². The highest BCUT2D eigenvalue weighted by Crippen LogP contribution is 2.38. The van der Waals surface area contributed by atoms with E-state index in [9.17, 15) is 23.2 Å². The molecule has 0 amide bonds. The van der Waals surface area contributed by atoms with Gasteiger partial charge >= 0.3 is 12.1 Å². The number of aryl methyl sites for hydroxylation is 1. The molecule has 5 nitrogen and oxygen atoms in total. The fraction of sp³-hybridized carbons (Fsp3) is 0.381. The molecule has 0 saturated heterocycles.